The lowest BCUT2D eigenvalue weighted by atomic mass is 10.1. The molecule has 0 spiro atoms. The fourth-order valence-electron chi connectivity index (χ4n) is 1.24. The maximum absolute atomic E-state index is 6.01. The second kappa shape index (κ2) is 3.27. The second-order valence-electron chi connectivity index (χ2n) is 2.90. The number of halogens is 1. The van der Waals surface area contributed by atoms with E-state index in [1.54, 1.807) is 0 Å². The van der Waals surface area contributed by atoms with Crippen LogP contribution < -0.4 is 0 Å². The smallest absolute Gasteiger partial charge is 0.0464 e. The van der Waals surface area contributed by atoms with Crippen LogP contribution >= 0.6 is 11.6 Å². The summed E-state index contributed by atoms with van der Waals surface area (Å²) >= 11 is 6.01. The van der Waals surface area contributed by atoms with E-state index in [0.717, 1.165) is 11.4 Å². The van der Waals surface area contributed by atoms with E-state index in [9.17, 15) is 0 Å². The Hall–Kier alpha value is -0.490. The fraction of sp³-hybridized carbons (Fsp3) is 0.400. The molecular weight excluding hydrogens is 156 g/mol. The van der Waals surface area contributed by atoms with Crippen molar-refractivity contribution in [3.63, 3.8) is 0 Å². The van der Waals surface area contributed by atoms with Gasteiger partial charge in [0.15, 0.2) is 0 Å². The van der Waals surface area contributed by atoms with Crippen LogP contribution in [0.15, 0.2) is 12.1 Å². The second-order valence-corrected chi connectivity index (χ2v) is 3.28. The van der Waals surface area contributed by atoms with Gasteiger partial charge in [-0.2, -0.15) is 0 Å². The van der Waals surface area contributed by atoms with Crippen molar-refractivity contribution in [2.75, 3.05) is 0 Å². The zero-order valence-electron chi connectivity index (χ0n) is 7.24. The number of benzene rings is 1. The predicted octanol–water partition coefficient (Wildman–Crippen LogP) is 3.52. The zero-order valence-corrected chi connectivity index (χ0v) is 8.00. The molecule has 0 saturated heterocycles. The van der Waals surface area contributed by atoms with Crippen molar-refractivity contribution in [2.45, 2.75) is 27.2 Å². The van der Waals surface area contributed by atoms with Crippen LogP contribution in [0.5, 0.6) is 0 Å². The third kappa shape index (κ3) is 1.75. The summed E-state index contributed by atoms with van der Waals surface area (Å²) in [5.41, 5.74) is 3.73. The highest BCUT2D eigenvalue weighted by Crippen LogP contribution is 2.21. The molecule has 1 rings (SSSR count). The molecule has 0 saturated carbocycles. The highest BCUT2D eigenvalue weighted by Gasteiger charge is 2.00. The largest absolute Gasteiger partial charge is 0.0838 e. The molecular formula is C10H13Cl. The zero-order chi connectivity index (χ0) is 8.43. The molecule has 0 N–H and O–H groups in total. The summed E-state index contributed by atoms with van der Waals surface area (Å²) in [7, 11) is 0. The Morgan fingerprint density at radius 2 is 1.64 bits per heavy atom. The average Bonchev–Trinajstić information content (AvgIpc) is 1.99. The van der Waals surface area contributed by atoms with Crippen molar-refractivity contribution in [1.29, 1.82) is 0 Å². The topological polar surface area (TPSA) is 0 Å². The molecule has 0 nitrogen and oxygen atoms in total. The number of hydrogen-bond donors (Lipinski definition) is 0. The first-order valence-electron chi connectivity index (χ1n) is 3.90. The van der Waals surface area contributed by atoms with Gasteiger partial charge in [-0.05, 0) is 37.0 Å². The summed E-state index contributed by atoms with van der Waals surface area (Å²) in [6.45, 7) is 6.26. The Balaban J connectivity index is 3.21. The lowest BCUT2D eigenvalue weighted by molar-refractivity contribution is 1.12. The Morgan fingerprint density at radius 3 is 2.00 bits per heavy atom. The third-order valence-corrected chi connectivity index (χ3v) is 2.50. The average molecular weight is 169 g/mol. The highest BCUT2D eigenvalue weighted by molar-refractivity contribution is 6.32. The Labute approximate surface area is 73.2 Å². The van der Waals surface area contributed by atoms with Gasteiger partial charge in [0, 0.05) is 5.02 Å². The normalized spacial score (nSPS) is 10.2. The first-order chi connectivity index (χ1) is 5.15. The van der Waals surface area contributed by atoms with Crippen LogP contribution in [0.25, 0.3) is 0 Å². The Morgan fingerprint density at radius 1 is 1.18 bits per heavy atom. The van der Waals surface area contributed by atoms with Gasteiger partial charge in [-0.1, -0.05) is 30.7 Å². The molecule has 0 aliphatic rings. The van der Waals surface area contributed by atoms with Gasteiger partial charge in [0.2, 0.25) is 0 Å². The van der Waals surface area contributed by atoms with Crippen molar-refractivity contribution in [1.82, 2.24) is 0 Å². The molecule has 0 unspecified atom stereocenters. The van der Waals surface area contributed by atoms with E-state index in [-0.39, 0.29) is 0 Å². The standard InChI is InChI=1S/C10H13Cl/c1-4-9-5-7(2)10(11)8(3)6-9/h5-6H,4H2,1-3H3. The van der Waals surface area contributed by atoms with Crippen molar-refractivity contribution >= 4 is 11.6 Å². The van der Waals surface area contributed by atoms with Gasteiger partial charge >= 0.3 is 0 Å². The first kappa shape index (κ1) is 8.61. The van der Waals surface area contributed by atoms with Crippen molar-refractivity contribution in [3.05, 3.63) is 33.8 Å². The summed E-state index contributed by atoms with van der Waals surface area (Å²) in [5.74, 6) is 0. The molecule has 0 atom stereocenters. The third-order valence-electron chi connectivity index (χ3n) is 1.90. The van der Waals surface area contributed by atoms with Crippen molar-refractivity contribution in [2.24, 2.45) is 0 Å². The van der Waals surface area contributed by atoms with Gasteiger partial charge in [0.1, 0.15) is 0 Å². The maximum Gasteiger partial charge on any atom is 0.0464 e. The van der Waals surface area contributed by atoms with Crippen molar-refractivity contribution < 1.29 is 0 Å². The van der Waals surface area contributed by atoms with Crippen LogP contribution in [0.3, 0.4) is 0 Å². The summed E-state index contributed by atoms with van der Waals surface area (Å²) in [4.78, 5) is 0. The quantitative estimate of drug-likeness (QED) is 0.602. The SMILES string of the molecule is CCc1cc(C)c(Cl)c(C)c1. The predicted molar refractivity (Wildman–Crippen MR) is 50.3 cm³/mol. The van der Waals surface area contributed by atoms with Gasteiger partial charge in [-0.25, -0.2) is 0 Å². The summed E-state index contributed by atoms with van der Waals surface area (Å²) < 4.78 is 0. The molecule has 0 radical (unpaired) electrons. The lowest BCUT2D eigenvalue weighted by Crippen LogP contribution is -1.86. The van der Waals surface area contributed by atoms with Gasteiger partial charge in [-0.15, -0.1) is 0 Å². The fourth-order valence-corrected chi connectivity index (χ4v) is 1.35. The Kier molecular flexibility index (Phi) is 2.56. The highest BCUT2D eigenvalue weighted by atomic mass is 35.5. The molecule has 0 fully saturated rings. The molecule has 0 heterocycles. The molecule has 1 aromatic rings. The monoisotopic (exact) mass is 168 g/mol. The minimum Gasteiger partial charge on any atom is -0.0838 e. The van der Waals surface area contributed by atoms with E-state index in [4.69, 9.17) is 11.6 Å². The first-order valence-corrected chi connectivity index (χ1v) is 4.28. The van der Waals surface area contributed by atoms with Gasteiger partial charge in [0.05, 0.1) is 0 Å². The molecule has 60 valence electrons. The van der Waals surface area contributed by atoms with Crippen LogP contribution in [0.4, 0.5) is 0 Å². The molecule has 0 aliphatic heterocycles. The van der Waals surface area contributed by atoms with Crippen LogP contribution in [-0.2, 0) is 6.42 Å². The van der Waals surface area contributed by atoms with E-state index in [0.29, 0.717) is 0 Å². The van der Waals surface area contributed by atoms with Crippen molar-refractivity contribution in [3.8, 4) is 0 Å². The van der Waals surface area contributed by atoms with E-state index in [1.807, 2.05) is 0 Å². The number of rotatable bonds is 1. The van der Waals surface area contributed by atoms with E-state index >= 15 is 0 Å². The van der Waals surface area contributed by atoms with E-state index in [2.05, 4.69) is 32.9 Å². The molecule has 0 amide bonds. The molecule has 0 aliphatic carbocycles. The number of aryl methyl sites for hydroxylation is 3. The van der Waals surface area contributed by atoms with Crippen LogP contribution in [0, 0.1) is 13.8 Å². The van der Waals surface area contributed by atoms with Gasteiger partial charge in [0.25, 0.3) is 0 Å². The summed E-state index contributed by atoms with van der Waals surface area (Å²) in [6, 6.07) is 4.30. The van der Waals surface area contributed by atoms with Gasteiger partial charge in [-0.3, -0.25) is 0 Å². The molecule has 0 aromatic heterocycles. The lowest BCUT2D eigenvalue weighted by Gasteiger charge is -2.04. The molecule has 0 bridgehead atoms. The van der Waals surface area contributed by atoms with Gasteiger partial charge < -0.3 is 0 Å². The minimum absolute atomic E-state index is 0.905. The Bertz CT molecular complexity index is 241. The van der Waals surface area contributed by atoms with E-state index in [1.165, 1.54) is 16.7 Å². The summed E-state index contributed by atoms with van der Waals surface area (Å²) in [6.07, 6.45) is 1.08. The molecule has 1 heteroatoms. The van der Waals surface area contributed by atoms with Crippen LogP contribution in [0.1, 0.15) is 23.6 Å². The minimum atomic E-state index is 0.905. The maximum atomic E-state index is 6.01. The molecule has 1 aromatic carbocycles. The van der Waals surface area contributed by atoms with Crippen LogP contribution in [-0.4, -0.2) is 0 Å². The summed E-state index contributed by atoms with van der Waals surface area (Å²) in [5, 5.41) is 0.905. The van der Waals surface area contributed by atoms with E-state index < -0.39 is 0 Å². The molecule has 11 heavy (non-hydrogen) atoms. The van der Waals surface area contributed by atoms with Crippen LogP contribution in [0.2, 0.25) is 5.02 Å². The number of hydrogen-bond acceptors (Lipinski definition) is 0.